The Bertz CT molecular complexity index is 1100. The van der Waals surface area contributed by atoms with E-state index in [1.165, 1.54) is 22.3 Å². The molecule has 0 saturated carbocycles. The van der Waals surface area contributed by atoms with Crippen LogP contribution in [0.4, 0.5) is 5.82 Å². The molecule has 1 aromatic heterocycles. The third kappa shape index (κ3) is 5.33. The minimum absolute atomic E-state index is 0.0147. The fourth-order valence-electron chi connectivity index (χ4n) is 4.12. The lowest BCUT2D eigenvalue weighted by Crippen LogP contribution is -2.50. The van der Waals surface area contributed by atoms with Crippen LogP contribution < -0.4 is 9.64 Å². The second kappa shape index (κ2) is 10.0. The van der Waals surface area contributed by atoms with Crippen LogP contribution in [0.5, 0.6) is 5.75 Å². The molecule has 172 valence electrons. The van der Waals surface area contributed by atoms with Crippen LogP contribution in [-0.4, -0.2) is 53.8 Å². The van der Waals surface area contributed by atoms with Gasteiger partial charge in [-0.25, -0.2) is 0 Å². The number of anilines is 1. The molecule has 0 aliphatic carbocycles. The van der Waals surface area contributed by atoms with Crippen molar-refractivity contribution in [3.8, 4) is 17.0 Å². The number of carbonyl (C=O) groups is 1. The molecule has 1 amide bonds. The van der Waals surface area contributed by atoms with Gasteiger partial charge in [0.1, 0.15) is 5.75 Å². The van der Waals surface area contributed by atoms with Gasteiger partial charge in [0.05, 0.1) is 5.69 Å². The van der Waals surface area contributed by atoms with Gasteiger partial charge in [-0.2, -0.15) is 0 Å². The second-order valence-corrected chi connectivity index (χ2v) is 8.68. The van der Waals surface area contributed by atoms with Crippen LogP contribution in [0.25, 0.3) is 11.3 Å². The number of nitrogens with zero attached hydrogens (tertiary/aromatic N) is 4. The minimum atomic E-state index is 0.0147. The number of aromatic nitrogens is 2. The van der Waals surface area contributed by atoms with Crippen LogP contribution in [0.1, 0.15) is 29.2 Å². The molecule has 0 unspecified atom stereocenters. The lowest BCUT2D eigenvalue weighted by Gasteiger charge is -2.35. The molecule has 0 radical (unpaired) electrons. The number of ether oxygens (including phenoxy) is 1. The zero-order valence-corrected chi connectivity index (χ0v) is 20.0. The molecule has 1 aliphatic heterocycles. The summed E-state index contributed by atoms with van der Waals surface area (Å²) in [5.74, 6) is 1.59. The number of piperazine rings is 1. The molecule has 4 rings (SSSR count). The summed E-state index contributed by atoms with van der Waals surface area (Å²) in [7, 11) is 0. The average Bonchev–Trinajstić information content (AvgIpc) is 2.85. The van der Waals surface area contributed by atoms with Gasteiger partial charge in [0.15, 0.2) is 12.4 Å². The van der Waals surface area contributed by atoms with E-state index in [0.29, 0.717) is 13.1 Å². The highest BCUT2D eigenvalue weighted by Gasteiger charge is 2.22. The molecule has 33 heavy (non-hydrogen) atoms. The van der Waals surface area contributed by atoms with Crippen molar-refractivity contribution in [1.82, 2.24) is 15.1 Å². The van der Waals surface area contributed by atoms with Gasteiger partial charge in [0.25, 0.3) is 5.91 Å². The molecule has 1 saturated heterocycles. The number of benzene rings is 2. The predicted molar refractivity (Wildman–Crippen MR) is 132 cm³/mol. The van der Waals surface area contributed by atoms with Gasteiger partial charge in [-0.1, -0.05) is 25.1 Å². The molecule has 0 N–H and O–H groups in total. The SMILES string of the molecule is CCc1ccc(OCC(=O)N2CCN(c3ccc(-c4cc(C)c(C)cc4C)nn3)CC2)cc1. The van der Waals surface area contributed by atoms with Crippen molar-refractivity contribution >= 4 is 11.7 Å². The molecule has 6 heteroatoms. The van der Waals surface area contributed by atoms with Gasteiger partial charge in [0.2, 0.25) is 0 Å². The van der Waals surface area contributed by atoms with E-state index in [2.05, 4.69) is 54.9 Å². The van der Waals surface area contributed by atoms with Gasteiger partial charge in [0, 0.05) is 31.7 Å². The van der Waals surface area contributed by atoms with E-state index in [9.17, 15) is 4.79 Å². The fourth-order valence-corrected chi connectivity index (χ4v) is 4.12. The molecule has 1 aliphatic rings. The van der Waals surface area contributed by atoms with Gasteiger partial charge in [-0.3, -0.25) is 4.79 Å². The Morgan fingerprint density at radius 2 is 1.58 bits per heavy atom. The standard InChI is InChI=1S/C27H32N4O2/c1-5-22-6-8-23(9-7-22)33-18-27(32)31-14-12-30(13-15-31)26-11-10-25(28-29-26)24-17-20(3)19(2)16-21(24)4/h6-11,16-17H,5,12-15,18H2,1-4H3. The summed E-state index contributed by atoms with van der Waals surface area (Å²) in [4.78, 5) is 16.6. The van der Waals surface area contributed by atoms with E-state index in [0.717, 1.165) is 42.3 Å². The highest BCUT2D eigenvalue weighted by atomic mass is 16.5. The molecule has 2 heterocycles. The number of rotatable bonds is 6. The maximum atomic E-state index is 12.6. The molecule has 1 fully saturated rings. The van der Waals surface area contributed by atoms with E-state index in [4.69, 9.17) is 4.74 Å². The van der Waals surface area contributed by atoms with Crippen molar-refractivity contribution in [3.05, 3.63) is 70.8 Å². The zero-order chi connectivity index (χ0) is 23.4. The maximum absolute atomic E-state index is 12.6. The Morgan fingerprint density at radius 1 is 0.879 bits per heavy atom. The summed E-state index contributed by atoms with van der Waals surface area (Å²) in [6, 6.07) is 16.3. The Balaban J connectivity index is 1.31. The van der Waals surface area contributed by atoms with Crippen molar-refractivity contribution < 1.29 is 9.53 Å². The summed E-state index contributed by atoms with van der Waals surface area (Å²) < 4.78 is 5.69. The Labute approximate surface area is 196 Å². The smallest absolute Gasteiger partial charge is 0.260 e. The molecule has 3 aromatic rings. The van der Waals surface area contributed by atoms with Crippen LogP contribution in [0.3, 0.4) is 0 Å². The molecule has 0 atom stereocenters. The highest BCUT2D eigenvalue weighted by molar-refractivity contribution is 5.78. The molecule has 2 aromatic carbocycles. The van der Waals surface area contributed by atoms with Crippen molar-refractivity contribution in [2.45, 2.75) is 34.1 Å². The Morgan fingerprint density at radius 3 is 2.21 bits per heavy atom. The largest absolute Gasteiger partial charge is 0.484 e. The number of hydrogen-bond acceptors (Lipinski definition) is 5. The Hall–Kier alpha value is -3.41. The molecular formula is C27H32N4O2. The lowest BCUT2D eigenvalue weighted by atomic mass is 9.99. The van der Waals surface area contributed by atoms with E-state index >= 15 is 0 Å². The number of hydrogen-bond donors (Lipinski definition) is 0. The van der Waals surface area contributed by atoms with E-state index in [-0.39, 0.29) is 12.5 Å². The average molecular weight is 445 g/mol. The first-order valence-corrected chi connectivity index (χ1v) is 11.6. The van der Waals surface area contributed by atoms with Crippen LogP contribution >= 0.6 is 0 Å². The minimum Gasteiger partial charge on any atom is -0.484 e. The zero-order valence-electron chi connectivity index (χ0n) is 20.0. The third-order valence-electron chi connectivity index (χ3n) is 6.42. The molecule has 0 bridgehead atoms. The van der Waals surface area contributed by atoms with Crippen molar-refractivity contribution in [1.29, 1.82) is 0 Å². The van der Waals surface area contributed by atoms with Gasteiger partial charge in [-0.15, -0.1) is 10.2 Å². The topological polar surface area (TPSA) is 58.6 Å². The summed E-state index contributed by atoms with van der Waals surface area (Å²) >= 11 is 0. The normalized spacial score (nSPS) is 13.8. The molecule has 0 spiro atoms. The van der Waals surface area contributed by atoms with Gasteiger partial charge < -0.3 is 14.5 Å². The first kappa shape index (κ1) is 22.8. The monoisotopic (exact) mass is 444 g/mol. The van der Waals surface area contributed by atoms with Crippen molar-refractivity contribution in [2.24, 2.45) is 0 Å². The third-order valence-corrected chi connectivity index (χ3v) is 6.42. The summed E-state index contributed by atoms with van der Waals surface area (Å²) in [6.07, 6.45) is 0.988. The molecular weight excluding hydrogens is 412 g/mol. The van der Waals surface area contributed by atoms with Crippen LogP contribution in [0, 0.1) is 20.8 Å². The predicted octanol–water partition coefficient (Wildman–Crippen LogP) is 4.36. The van der Waals surface area contributed by atoms with Crippen LogP contribution in [0.15, 0.2) is 48.5 Å². The quantitative estimate of drug-likeness (QED) is 0.565. The van der Waals surface area contributed by atoms with Crippen molar-refractivity contribution in [2.75, 3.05) is 37.7 Å². The molecule has 6 nitrogen and oxygen atoms in total. The van der Waals surface area contributed by atoms with E-state index in [1.54, 1.807) is 0 Å². The first-order valence-electron chi connectivity index (χ1n) is 11.6. The Kier molecular flexibility index (Phi) is 6.92. The summed E-state index contributed by atoms with van der Waals surface area (Å²) in [5, 5.41) is 8.97. The highest BCUT2D eigenvalue weighted by Crippen LogP contribution is 2.25. The number of carbonyl (C=O) groups excluding carboxylic acids is 1. The number of amides is 1. The maximum Gasteiger partial charge on any atom is 0.260 e. The van der Waals surface area contributed by atoms with E-state index < -0.39 is 0 Å². The summed E-state index contributed by atoms with van der Waals surface area (Å²) in [6.45, 7) is 11.3. The summed E-state index contributed by atoms with van der Waals surface area (Å²) in [5.41, 5.74) is 7.01. The van der Waals surface area contributed by atoms with Gasteiger partial charge in [-0.05, 0) is 79.8 Å². The van der Waals surface area contributed by atoms with E-state index in [1.807, 2.05) is 41.3 Å². The van der Waals surface area contributed by atoms with Crippen molar-refractivity contribution in [3.63, 3.8) is 0 Å². The van der Waals surface area contributed by atoms with Crippen LogP contribution in [-0.2, 0) is 11.2 Å². The second-order valence-electron chi connectivity index (χ2n) is 8.68. The van der Waals surface area contributed by atoms with Gasteiger partial charge >= 0.3 is 0 Å². The fraction of sp³-hybridized carbons (Fsp3) is 0.370. The first-order chi connectivity index (χ1) is 15.9. The number of aryl methyl sites for hydroxylation is 4. The van der Waals surface area contributed by atoms with Crippen LogP contribution in [0.2, 0.25) is 0 Å². The lowest BCUT2D eigenvalue weighted by molar-refractivity contribution is -0.133.